The zero-order chi connectivity index (χ0) is 32.1. The highest BCUT2D eigenvalue weighted by Gasteiger charge is 2.25. The third-order valence-electron chi connectivity index (χ3n) is 8.58. The van der Waals surface area contributed by atoms with E-state index in [4.69, 9.17) is 4.43 Å². The van der Waals surface area contributed by atoms with Crippen molar-refractivity contribution in [2.45, 2.75) is 33.9 Å². The molecule has 0 atom stereocenters. The van der Waals surface area contributed by atoms with Gasteiger partial charge in [-0.15, -0.1) is 0 Å². The molecule has 0 aliphatic carbocycles. The Balaban J connectivity index is 1.35. The van der Waals surface area contributed by atoms with Crippen LogP contribution in [0.1, 0.15) is 18.1 Å². The lowest BCUT2D eigenvalue weighted by atomic mass is 9.98. The van der Waals surface area contributed by atoms with E-state index in [-0.39, 0.29) is 0 Å². The van der Waals surface area contributed by atoms with Crippen molar-refractivity contribution >= 4 is 47.6 Å². The van der Waals surface area contributed by atoms with Gasteiger partial charge in [0.25, 0.3) is 0 Å². The number of hydrogen-bond acceptors (Lipinski definition) is 3. The fourth-order valence-electron chi connectivity index (χ4n) is 6.21. The van der Waals surface area contributed by atoms with E-state index >= 15 is 0 Å². The van der Waals surface area contributed by atoms with Gasteiger partial charge in [0.2, 0.25) is 8.32 Å². The maximum atomic E-state index is 6.16. The van der Waals surface area contributed by atoms with Crippen LogP contribution in [0.25, 0.3) is 11.1 Å². The molecule has 0 spiro atoms. The van der Waals surface area contributed by atoms with Crippen molar-refractivity contribution in [1.82, 2.24) is 0 Å². The topological polar surface area (TPSA) is 15.7 Å². The number of anilines is 6. The summed E-state index contributed by atoms with van der Waals surface area (Å²) in [5.74, 6) is 0. The minimum absolute atomic E-state index is 0.739. The Morgan fingerprint density at radius 3 is 1.20 bits per heavy atom. The molecule has 0 aliphatic rings. The summed E-state index contributed by atoms with van der Waals surface area (Å²) in [5.41, 5.74) is 11.7. The summed E-state index contributed by atoms with van der Waals surface area (Å²) >= 11 is 0. The second-order valence-corrected chi connectivity index (χ2v) is 16.1. The van der Waals surface area contributed by atoms with Crippen LogP contribution >= 0.6 is 0 Å². The monoisotopic (exact) mass is 618 g/mol. The molecule has 0 saturated heterocycles. The molecule has 4 heteroatoms. The maximum Gasteiger partial charge on any atom is 0.218 e. The SMILES string of the molecule is CCO[Si](C)(C)c1ccc(N(c2ccccc2)c2ccc(-c3ccc(N(c4ccccc4)c4ccccc4)c(C)c3)cc2C)cc1. The Hall–Kier alpha value is -4.90. The molecular formula is C42H42N2OSi. The van der Waals surface area contributed by atoms with Crippen LogP contribution in [0.3, 0.4) is 0 Å². The number of nitrogens with zero attached hydrogens (tertiary/aromatic N) is 2. The first kappa shape index (κ1) is 31.1. The first-order valence-corrected chi connectivity index (χ1v) is 19.0. The Morgan fingerprint density at radius 2 is 0.848 bits per heavy atom. The highest BCUT2D eigenvalue weighted by Crippen LogP contribution is 2.40. The second-order valence-electron chi connectivity index (χ2n) is 12.2. The van der Waals surface area contributed by atoms with Gasteiger partial charge in [-0.3, -0.25) is 0 Å². The molecule has 0 saturated carbocycles. The first-order valence-electron chi connectivity index (χ1n) is 16.1. The normalized spacial score (nSPS) is 11.3. The fourth-order valence-corrected chi connectivity index (χ4v) is 8.07. The van der Waals surface area contributed by atoms with E-state index in [1.807, 2.05) is 0 Å². The Morgan fingerprint density at radius 1 is 0.478 bits per heavy atom. The third-order valence-corrected chi connectivity index (χ3v) is 11.3. The van der Waals surface area contributed by atoms with E-state index in [1.165, 1.54) is 33.1 Å². The summed E-state index contributed by atoms with van der Waals surface area (Å²) in [6, 6.07) is 54.3. The van der Waals surface area contributed by atoms with Gasteiger partial charge in [-0.1, -0.05) is 78.9 Å². The minimum Gasteiger partial charge on any atom is -0.413 e. The molecule has 0 N–H and O–H groups in total. The third kappa shape index (κ3) is 6.55. The highest BCUT2D eigenvalue weighted by atomic mass is 28.4. The van der Waals surface area contributed by atoms with Gasteiger partial charge in [0.15, 0.2) is 0 Å². The highest BCUT2D eigenvalue weighted by molar-refractivity contribution is 6.84. The molecule has 0 unspecified atom stereocenters. The molecule has 6 aromatic carbocycles. The van der Waals surface area contributed by atoms with Crippen molar-refractivity contribution in [2.24, 2.45) is 0 Å². The van der Waals surface area contributed by atoms with Gasteiger partial charge in [-0.25, -0.2) is 0 Å². The zero-order valence-corrected chi connectivity index (χ0v) is 28.4. The lowest BCUT2D eigenvalue weighted by Gasteiger charge is -2.29. The quantitative estimate of drug-likeness (QED) is 0.142. The van der Waals surface area contributed by atoms with E-state index in [1.54, 1.807) is 0 Å². The van der Waals surface area contributed by atoms with Gasteiger partial charge >= 0.3 is 0 Å². The molecule has 46 heavy (non-hydrogen) atoms. The average Bonchev–Trinajstić information content (AvgIpc) is 3.08. The van der Waals surface area contributed by atoms with Crippen LogP contribution in [-0.4, -0.2) is 14.9 Å². The summed E-state index contributed by atoms with van der Waals surface area (Å²) in [5, 5.41) is 1.30. The Kier molecular flexibility index (Phi) is 9.20. The van der Waals surface area contributed by atoms with E-state index in [0.717, 1.165) is 35.0 Å². The summed E-state index contributed by atoms with van der Waals surface area (Å²) in [7, 11) is -1.93. The van der Waals surface area contributed by atoms with Crippen molar-refractivity contribution in [3.05, 3.63) is 163 Å². The van der Waals surface area contributed by atoms with Crippen molar-refractivity contribution in [3.8, 4) is 11.1 Å². The summed E-state index contributed by atoms with van der Waals surface area (Å²) in [6.45, 7) is 11.8. The van der Waals surface area contributed by atoms with Gasteiger partial charge < -0.3 is 14.2 Å². The second kappa shape index (κ2) is 13.6. The number of aryl methyl sites for hydroxylation is 2. The van der Waals surface area contributed by atoms with Crippen LogP contribution in [0.15, 0.2) is 152 Å². The molecule has 0 bridgehead atoms. The number of benzene rings is 6. The molecule has 0 aliphatic heterocycles. The van der Waals surface area contributed by atoms with Crippen LogP contribution in [0, 0.1) is 13.8 Å². The van der Waals surface area contributed by atoms with Gasteiger partial charge in [-0.05, 0) is 134 Å². The number of para-hydroxylation sites is 3. The van der Waals surface area contributed by atoms with E-state index in [2.05, 4.69) is 195 Å². The number of hydrogen-bond donors (Lipinski definition) is 0. The predicted octanol–water partition coefficient (Wildman–Crippen LogP) is 11.4. The summed E-state index contributed by atoms with van der Waals surface area (Å²) in [6.07, 6.45) is 0. The van der Waals surface area contributed by atoms with Gasteiger partial charge in [0, 0.05) is 40.7 Å². The number of rotatable bonds is 10. The maximum absolute atomic E-state index is 6.16. The molecule has 0 heterocycles. The Labute approximate surface area is 275 Å². The van der Waals surface area contributed by atoms with Gasteiger partial charge in [0.1, 0.15) is 0 Å². The molecule has 3 nitrogen and oxygen atoms in total. The lowest BCUT2D eigenvalue weighted by molar-refractivity contribution is 0.339. The van der Waals surface area contributed by atoms with E-state index in [9.17, 15) is 0 Å². The first-order chi connectivity index (χ1) is 22.4. The molecule has 6 aromatic rings. The molecular weight excluding hydrogens is 577 g/mol. The summed E-state index contributed by atoms with van der Waals surface area (Å²) in [4.78, 5) is 4.68. The van der Waals surface area contributed by atoms with Crippen LogP contribution in [-0.2, 0) is 4.43 Å². The van der Waals surface area contributed by atoms with Crippen LogP contribution in [0.2, 0.25) is 13.1 Å². The van der Waals surface area contributed by atoms with Crippen molar-refractivity contribution in [1.29, 1.82) is 0 Å². The van der Waals surface area contributed by atoms with Crippen molar-refractivity contribution in [3.63, 3.8) is 0 Å². The standard InChI is InChI=1S/C42H42N2OSi/c1-6-45-46(4,5)40-26-24-39(25-27-40)44(38-20-14-9-15-21-38)42-29-23-35(31-33(42)3)34-22-28-41(32(2)30-34)43(36-16-10-7-11-17-36)37-18-12-8-13-19-37/h7-31H,6H2,1-5H3. The van der Waals surface area contributed by atoms with Gasteiger partial charge in [0.05, 0.1) is 0 Å². The average molecular weight is 619 g/mol. The van der Waals surface area contributed by atoms with Crippen LogP contribution < -0.4 is 15.0 Å². The molecule has 0 fully saturated rings. The largest absolute Gasteiger partial charge is 0.413 e. The van der Waals surface area contributed by atoms with Crippen LogP contribution in [0.5, 0.6) is 0 Å². The molecule has 0 aromatic heterocycles. The fraction of sp³-hybridized carbons (Fsp3) is 0.143. The van der Waals surface area contributed by atoms with Crippen LogP contribution in [0.4, 0.5) is 34.1 Å². The molecule has 0 amide bonds. The van der Waals surface area contributed by atoms with E-state index < -0.39 is 8.32 Å². The molecule has 230 valence electrons. The molecule has 6 rings (SSSR count). The predicted molar refractivity (Wildman–Crippen MR) is 199 cm³/mol. The Bertz CT molecular complexity index is 1850. The zero-order valence-electron chi connectivity index (χ0n) is 27.4. The van der Waals surface area contributed by atoms with Gasteiger partial charge in [-0.2, -0.15) is 0 Å². The van der Waals surface area contributed by atoms with Crippen molar-refractivity contribution in [2.75, 3.05) is 16.4 Å². The molecule has 0 radical (unpaired) electrons. The smallest absolute Gasteiger partial charge is 0.218 e. The summed E-state index contributed by atoms with van der Waals surface area (Å²) < 4.78 is 6.16. The lowest BCUT2D eigenvalue weighted by Crippen LogP contribution is -2.44. The van der Waals surface area contributed by atoms with E-state index in [0.29, 0.717) is 0 Å². The minimum atomic E-state index is -1.93. The van der Waals surface area contributed by atoms with Crippen molar-refractivity contribution < 1.29 is 4.43 Å².